The van der Waals surface area contributed by atoms with Crippen molar-refractivity contribution in [2.75, 3.05) is 0 Å². The fraction of sp³-hybridized carbons (Fsp3) is 0.333. The Hall–Kier alpha value is -0.780. The summed E-state index contributed by atoms with van der Waals surface area (Å²) in [5.41, 5.74) is 0.799. The van der Waals surface area contributed by atoms with Crippen molar-refractivity contribution in [3.05, 3.63) is 34.1 Å². The molecule has 94 valence electrons. The third kappa shape index (κ3) is 2.22. The first kappa shape index (κ1) is 12.3. The largest absolute Gasteiger partial charge is 0.293 e. The quantitative estimate of drug-likeness (QED) is 0.803. The maximum absolute atomic E-state index is 6.12. The summed E-state index contributed by atoms with van der Waals surface area (Å²) in [5.74, 6) is 0. The number of para-hydroxylation sites is 1. The summed E-state index contributed by atoms with van der Waals surface area (Å²) in [7, 11) is 0. The summed E-state index contributed by atoms with van der Waals surface area (Å²) in [6, 6.07) is 7.62. The highest BCUT2D eigenvalue weighted by Gasteiger charge is 2.31. The zero-order valence-electron chi connectivity index (χ0n) is 10.1. The van der Waals surface area contributed by atoms with Crippen LogP contribution in [0.25, 0.3) is 0 Å². The highest BCUT2D eigenvalue weighted by molar-refractivity contribution is 8.00. The van der Waals surface area contributed by atoms with Crippen LogP contribution in [0.2, 0.25) is 5.02 Å². The number of hydrogen-bond donors (Lipinski definition) is 0. The lowest BCUT2D eigenvalue weighted by atomic mass is 10.2. The summed E-state index contributed by atoms with van der Waals surface area (Å²) >= 11 is 9.35. The van der Waals surface area contributed by atoms with Crippen molar-refractivity contribution in [2.24, 2.45) is 4.99 Å². The van der Waals surface area contributed by atoms with Crippen LogP contribution >= 0.6 is 34.9 Å². The molecule has 2 heterocycles. The van der Waals surface area contributed by atoms with Crippen LogP contribution in [0.5, 0.6) is 0 Å². The van der Waals surface area contributed by atoms with Gasteiger partial charge in [0.15, 0.2) is 5.16 Å². The Bertz CT molecular complexity index is 657. The summed E-state index contributed by atoms with van der Waals surface area (Å²) in [6.45, 7) is 5.37. The van der Waals surface area contributed by atoms with E-state index in [0.29, 0.717) is 5.02 Å². The van der Waals surface area contributed by atoms with Gasteiger partial charge in [0.2, 0.25) is 4.80 Å². The first-order valence-electron chi connectivity index (χ1n) is 5.60. The predicted molar refractivity (Wildman–Crippen MR) is 76.7 cm³/mol. The van der Waals surface area contributed by atoms with Crippen molar-refractivity contribution < 1.29 is 0 Å². The highest BCUT2D eigenvalue weighted by Crippen LogP contribution is 2.38. The summed E-state index contributed by atoms with van der Waals surface area (Å²) in [5, 5.41) is 1.72. The molecule has 3 nitrogen and oxygen atoms in total. The Morgan fingerprint density at radius 1 is 1.39 bits per heavy atom. The Morgan fingerprint density at radius 2 is 2.17 bits per heavy atom. The van der Waals surface area contributed by atoms with Gasteiger partial charge in [-0.1, -0.05) is 35.5 Å². The molecule has 0 saturated carbocycles. The molecule has 0 N–H and O–H groups in total. The van der Waals surface area contributed by atoms with Crippen molar-refractivity contribution in [1.29, 1.82) is 0 Å². The van der Waals surface area contributed by atoms with Crippen LogP contribution in [0.4, 0.5) is 5.69 Å². The van der Waals surface area contributed by atoms with Crippen LogP contribution in [0, 0.1) is 0 Å². The van der Waals surface area contributed by atoms with Crippen LogP contribution in [0.1, 0.15) is 13.8 Å². The number of fused-ring (bicyclic) bond motifs is 1. The van der Waals surface area contributed by atoms with Gasteiger partial charge in [0.05, 0.1) is 10.7 Å². The van der Waals surface area contributed by atoms with Crippen LogP contribution in [0.3, 0.4) is 0 Å². The van der Waals surface area contributed by atoms with E-state index in [1.165, 1.54) is 11.5 Å². The van der Waals surface area contributed by atoms with Crippen molar-refractivity contribution >= 4 is 40.6 Å². The summed E-state index contributed by atoms with van der Waals surface area (Å²) in [4.78, 5) is 5.52. The molecule has 0 fully saturated rings. The van der Waals surface area contributed by atoms with E-state index in [1.807, 2.05) is 24.3 Å². The molecule has 0 aliphatic carbocycles. The normalized spacial score (nSPS) is 18.1. The number of halogens is 1. The van der Waals surface area contributed by atoms with E-state index in [-0.39, 0.29) is 4.75 Å². The van der Waals surface area contributed by atoms with Gasteiger partial charge in [0.1, 0.15) is 0 Å². The molecule has 2 aromatic rings. The average molecular weight is 298 g/mol. The van der Waals surface area contributed by atoms with Gasteiger partial charge in [0, 0.05) is 22.8 Å². The maximum Gasteiger partial charge on any atom is 0.210 e. The number of nitrogens with zero attached hydrogens (tertiary/aromatic N) is 3. The summed E-state index contributed by atoms with van der Waals surface area (Å²) < 4.78 is 6.81. The molecule has 6 heteroatoms. The Morgan fingerprint density at radius 3 is 2.94 bits per heavy atom. The fourth-order valence-electron chi connectivity index (χ4n) is 1.86. The molecular weight excluding hydrogens is 286 g/mol. The third-order valence-corrected chi connectivity index (χ3v) is 4.99. The minimum atomic E-state index is 0.196. The SMILES string of the molecule is CC1(C)Cn2c(nsc2=Nc2ccccc2Cl)S1. The molecule has 0 atom stereocenters. The standard InChI is InChI=1S/C12H12ClN3S2/c1-12(2)7-16-10(18-15-11(16)17-12)14-9-6-4-3-5-8(9)13/h3-6H,7H2,1-2H3. The van der Waals surface area contributed by atoms with Gasteiger partial charge < -0.3 is 0 Å². The van der Waals surface area contributed by atoms with E-state index in [2.05, 4.69) is 27.8 Å². The van der Waals surface area contributed by atoms with E-state index in [1.54, 1.807) is 11.8 Å². The second kappa shape index (κ2) is 4.40. The smallest absolute Gasteiger partial charge is 0.210 e. The van der Waals surface area contributed by atoms with Crippen LogP contribution in [-0.2, 0) is 6.54 Å². The first-order chi connectivity index (χ1) is 8.55. The molecule has 3 rings (SSSR count). The number of rotatable bonds is 1. The molecule has 0 radical (unpaired) electrons. The van der Waals surface area contributed by atoms with Gasteiger partial charge >= 0.3 is 0 Å². The maximum atomic E-state index is 6.12. The molecule has 1 aromatic carbocycles. The molecule has 1 aromatic heterocycles. The van der Waals surface area contributed by atoms with E-state index in [9.17, 15) is 0 Å². The first-order valence-corrected chi connectivity index (χ1v) is 7.57. The van der Waals surface area contributed by atoms with Crippen molar-refractivity contribution in [3.63, 3.8) is 0 Å². The number of thioether (sulfide) groups is 1. The van der Waals surface area contributed by atoms with Gasteiger partial charge in [-0.3, -0.25) is 4.57 Å². The van der Waals surface area contributed by atoms with Gasteiger partial charge in [-0.2, -0.15) is 4.37 Å². The van der Waals surface area contributed by atoms with Gasteiger partial charge in [0.25, 0.3) is 0 Å². The molecule has 0 saturated heterocycles. The number of hydrogen-bond acceptors (Lipinski definition) is 4. The van der Waals surface area contributed by atoms with Crippen molar-refractivity contribution in [3.8, 4) is 0 Å². The molecule has 1 aliphatic heterocycles. The molecule has 0 bridgehead atoms. The minimum Gasteiger partial charge on any atom is -0.293 e. The molecule has 1 aliphatic rings. The van der Waals surface area contributed by atoms with Crippen LogP contribution in [0.15, 0.2) is 34.4 Å². The van der Waals surface area contributed by atoms with Gasteiger partial charge in [-0.25, -0.2) is 4.99 Å². The second-order valence-electron chi connectivity index (χ2n) is 4.76. The highest BCUT2D eigenvalue weighted by atomic mass is 35.5. The van der Waals surface area contributed by atoms with Crippen molar-refractivity contribution in [2.45, 2.75) is 30.3 Å². The van der Waals surface area contributed by atoms with Gasteiger partial charge in [-0.15, -0.1) is 0 Å². The fourth-order valence-corrected chi connectivity index (χ4v) is 3.95. The van der Waals surface area contributed by atoms with E-state index < -0.39 is 0 Å². The zero-order valence-corrected chi connectivity index (χ0v) is 12.4. The molecule has 0 unspecified atom stereocenters. The Kier molecular flexibility index (Phi) is 3.00. The number of benzene rings is 1. The third-order valence-electron chi connectivity index (χ3n) is 2.64. The van der Waals surface area contributed by atoms with E-state index >= 15 is 0 Å². The second-order valence-corrected chi connectivity index (χ2v) is 7.57. The topological polar surface area (TPSA) is 30.2 Å². The molecule has 0 amide bonds. The molecule has 18 heavy (non-hydrogen) atoms. The molecular formula is C12H12ClN3S2. The van der Waals surface area contributed by atoms with Gasteiger partial charge in [-0.05, 0) is 26.0 Å². The van der Waals surface area contributed by atoms with Crippen LogP contribution < -0.4 is 4.80 Å². The van der Waals surface area contributed by atoms with E-state index in [4.69, 9.17) is 11.6 Å². The zero-order chi connectivity index (χ0) is 12.8. The van der Waals surface area contributed by atoms with Crippen molar-refractivity contribution in [1.82, 2.24) is 8.94 Å². The lowest BCUT2D eigenvalue weighted by molar-refractivity contribution is 0.555. The monoisotopic (exact) mass is 297 g/mol. The lowest BCUT2D eigenvalue weighted by Crippen LogP contribution is -2.21. The average Bonchev–Trinajstić information content (AvgIpc) is 2.78. The lowest BCUT2D eigenvalue weighted by Gasteiger charge is -2.12. The predicted octanol–water partition coefficient (Wildman–Crippen LogP) is 3.71. The van der Waals surface area contributed by atoms with E-state index in [0.717, 1.165) is 22.2 Å². The number of aromatic nitrogens is 2. The van der Waals surface area contributed by atoms with Crippen LogP contribution in [-0.4, -0.2) is 13.7 Å². The summed E-state index contributed by atoms with van der Waals surface area (Å²) in [6.07, 6.45) is 0. The minimum absolute atomic E-state index is 0.196. The molecule has 0 spiro atoms. The Balaban J connectivity index is 2.08. The Labute approximate surface area is 119 Å².